The zero-order valence-corrected chi connectivity index (χ0v) is 12.9. The molecule has 0 saturated carbocycles. The molecule has 20 heavy (non-hydrogen) atoms. The summed E-state index contributed by atoms with van der Waals surface area (Å²) in [7, 11) is 0. The third kappa shape index (κ3) is 3.45. The molecule has 0 spiro atoms. The summed E-state index contributed by atoms with van der Waals surface area (Å²) in [6.45, 7) is 6.52. The minimum Gasteiger partial charge on any atom is -0.466 e. The van der Waals surface area contributed by atoms with Crippen molar-refractivity contribution in [2.45, 2.75) is 33.1 Å². The molecular formula is C16H19NO2S. The van der Waals surface area contributed by atoms with Crippen LogP contribution in [0, 0.1) is 0 Å². The van der Waals surface area contributed by atoms with E-state index in [1.807, 2.05) is 25.1 Å². The predicted molar refractivity (Wildman–Crippen MR) is 82.0 cm³/mol. The average molecular weight is 289 g/mol. The van der Waals surface area contributed by atoms with Crippen LogP contribution >= 0.6 is 11.3 Å². The second kappa shape index (κ2) is 6.66. The summed E-state index contributed by atoms with van der Waals surface area (Å²) in [6, 6.07) is 10.1. The molecule has 0 amide bonds. The molecule has 1 aromatic heterocycles. The van der Waals surface area contributed by atoms with Gasteiger partial charge in [-0.2, -0.15) is 0 Å². The lowest BCUT2D eigenvalue weighted by Gasteiger charge is -2.04. The number of thiazole rings is 1. The van der Waals surface area contributed by atoms with Crippen molar-refractivity contribution < 1.29 is 9.53 Å². The Hall–Kier alpha value is -1.68. The Labute approximate surface area is 123 Å². The molecule has 0 fully saturated rings. The summed E-state index contributed by atoms with van der Waals surface area (Å²) < 4.78 is 4.99. The molecule has 0 aliphatic heterocycles. The van der Waals surface area contributed by atoms with E-state index >= 15 is 0 Å². The monoisotopic (exact) mass is 289 g/mol. The van der Waals surface area contributed by atoms with Crippen LogP contribution in [-0.4, -0.2) is 17.6 Å². The fraction of sp³-hybridized carbons (Fsp3) is 0.375. The van der Waals surface area contributed by atoms with Crippen LogP contribution in [0.3, 0.4) is 0 Å². The van der Waals surface area contributed by atoms with E-state index in [-0.39, 0.29) is 12.4 Å². The number of carbonyl (C=O) groups excluding carboxylic acids is 1. The molecule has 0 bridgehead atoms. The second-order valence-electron chi connectivity index (χ2n) is 4.82. The van der Waals surface area contributed by atoms with E-state index in [9.17, 15) is 4.79 Å². The fourth-order valence-electron chi connectivity index (χ4n) is 1.98. The number of carbonyl (C=O) groups is 1. The number of benzene rings is 1. The van der Waals surface area contributed by atoms with Gasteiger partial charge in [-0.05, 0) is 12.8 Å². The zero-order valence-electron chi connectivity index (χ0n) is 12.1. The quantitative estimate of drug-likeness (QED) is 0.780. The van der Waals surface area contributed by atoms with Crippen molar-refractivity contribution in [3.05, 3.63) is 40.2 Å². The van der Waals surface area contributed by atoms with Crippen LogP contribution in [0.4, 0.5) is 0 Å². The number of hydrogen-bond donors (Lipinski definition) is 0. The Kier molecular flexibility index (Phi) is 4.90. The minimum absolute atomic E-state index is 0.212. The average Bonchev–Trinajstić information content (AvgIpc) is 2.84. The van der Waals surface area contributed by atoms with Crippen molar-refractivity contribution in [3.63, 3.8) is 0 Å². The molecule has 2 rings (SSSR count). The highest BCUT2D eigenvalue weighted by atomic mass is 32.1. The predicted octanol–water partition coefficient (Wildman–Crippen LogP) is 4.04. The lowest BCUT2D eigenvalue weighted by molar-refractivity contribution is -0.142. The van der Waals surface area contributed by atoms with Crippen LogP contribution < -0.4 is 0 Å². The summed E-state index contributed by atoms with van der Waals surface area (Å²) in [6.07, 6.45) is 0.255. The molecule has 0 aliphatic carbocycles. The van der Waals surface area contributed by atoms with E-state index in [2.05, 4.69) is 31.0 Å². The Morgan fingerprint density at radius 2 is 2.00 bits per heavy atom. The van der Waals surface area contributed by atoms with E-state index in [1.165, 1.54) is 4.88 Å². The van der Waals surface area contributed by atoms with E-state index in [0.29, 0.717) is 12.5 Å². The lowest BCUT2D eigenvalue weighted by Crippen LogP contribution is -2.07. The standard InChI is InChI=1S/C16H19NO2S/c1-4-19-14(18)10-13-17-15(16(20-13)11(2)3)12-8-6-5-7-9-12/h5-9,11H,4,10H2,1-3H3. The van der Waals surface area contributed by atoms with Crippen LogP contribution in [-0.2, 0) is 16.0 Å². The zero-order chi connectivity index (χ0) is 14.5. The number of rotatable bonds is 5. The molecule has 2 aromatic rings. The van der Waals surface area contributed by atoms with Crippen LogP contribution in [0.1, 0.15) is 36.6 Å². The van der Waals surface area contributed by atoms with E-state index in [1.54, 1.807) is 11.3 Å². The minimum atomic E-state index is -0.212. The summed E-state index contributed by atoms with van der Waals surface area (Å²) in [4.78, 5) is 17.4. The summed E-state index contributed by atoms with van der Waals surface area (Å²) in [5.41, 5.74) is 2.09. The highest BCUT2D eigenvalue weighted by Crippen LogP contribution is 2.33. The third-order valence-corrected chi connectivity index (χ3v) is 4.23. The van der Waals surface area contributed by atoms with Gasteiger partial charge < -0.3 is 4.74 Å². The maximum atomic E-state index is 11.6. The van der Waals surface area contributed by atoms with E-state index < -0.39 is 0 Å². The lowest BCUT2D eigenvalue weighted by atomic mass is 10.1. The smallest absolute Gasteiger partial charge is 0.312 e. The maximum Gasteiger partial charge on any atom is 0.312 e. The van der Waals surface area contributed by atoms with Gasteiger partial charge in [0.25, 0.3) is 0 Å². The highest BCUT2D eigenvalue weighted by molar-refractivity contribution is 7.12. The van der Waals surface area contributed by atoms with Crippen molar-refractivity contribution in [1.29, 1.82) is 0 Å². The second-order valence-corrected chi connectivity index (χ2v) is 5.94. The van der Waals surface area contributed by atoms with Crippen LogP contribution in [0.25, 0.3) is 11.3 Å². The van der Waals surface area contributed by atoms with Crippen molar-refractivity contribution >= 4 is 17.3 Å². The van der Waals surface area contributed by atoms with Crippen molar-refractivity contribution in [2.24, 2.45) is 0 Å². The van der Waals surface area contributed by atoms with Crippen LogP contribution in [0.2, 0.25) is 0 Å². The molecule has 3 nitrogen and oxygen atoms in total. The molecule has 0 N–H and O–H groups in total. The molecule has 4 heteroatoms. The van der Waals surface area contributed by atoms with Gasteiger partial charge in [0, 0.05) is 10.4 Å². The molecule has 1 heterocycles. The Morgan fingerprint density at radius 3 is 2.60 bits per heavy atom. The van der Waals surface area contributed by atoms with Crippen LogP contribution in [0.15, 0.2) is 30.3 Å². The Bertz CT molecular complexity index is 575. The van der Waals surface area contributed by atoms with E-state index in [0.717, 1.165) is 16.3 Å². The van der Waals surface area contributed by atoms with E-state index in [4.69, 9.17) is 4.74 Å². The molecule has 0 saturated heterocycles. The van der Waals surface area contributed by atoms with Crippen LogP contribution in [0.5, 0.6) is 0 Å². The van der Waals surface area contributed by atoms with Gasteiger partial charge in [-0.1, -0.05) is 44.2 Å². The first-order valence-corrected chi connectivity index (χ1v) is 7.64. The van der Waals surface area contributed by atoms with Gasteiger partial charge in [0.05, 0.1) is 18.7 Å². The number of esters is 1. The molecule has 106 valence electrons. The van der Waals surface area contributed by atoms with Gasteiger partial charge in [-0.25, -0.2) is 4.98 Å². The largest absolute Gasteiger partial charge is 0.466 e. The number of ether oxygens (including phenoxy) is 1. The van der Waals surface area contributed by atoms with Gasteiger partial charge >= 0.3 is 5.97 Å². The van der Waals surface area contributed by atoms with Crippen molar-refractivity contribution in [3.8, 4) is 11.3 Å². The molecule has 0 aliphatic rings. The number of hydrogen-bond acceptors (Lipinski definition) is 4. The van der Waals surface area contributed by atoms with Gasteiger partial charge in [-0.3, -0.25) is 4.79 Å². The molecule has 0 unspecified atom stereocenters. The summed E-state index contributed by atoms with van der Waals surface area (Å²) in [5.74, 6) is 0.176. The van der Waals surface area contributed by atoms with Crippen molar-refractivity contribution in [1.82, 2.24) is 4.98 Å². The first kappa shape index (κ1) is 14.7. The third-order valence-electron chi connectivity index (χ3n) is 2.87. The first-order chi connectivity index (χ1) is 9.61. The molecule has 1 aromatic carbocycles. The molecule has 0 radical (unpaired) electrons. The van der Waals surface area contributed by atoms with Gasteiger partial charge in [0.2, 0.25) is 0 Å². The number of nitrogens with zero attached hydrogens (tertiary/aromatic N) is 1. The first-order valence-electron chi connectivity index (χ1n) is 6.82. The van der Waals surface area contributed by atoms with Gasteiger partial charge in [0.1, 0.15) is 5.01 Å². The molecular weight excluding hydrogens is 270 g/mol. The Morgan fingerprint density at radius 1 is 1.30 bits per heavy atom. The highest BCUT2D eigenvalue weighted by Gasteiger charge is 2.17. The Balaban J connectivity index is 2.32. The topological polar surface area (TPSA) is 39.2 Å². The fourth-order valence-corrected chi connectivity index (χ4v) is 3.06. The molecule has 0 atom stereocenters. The number of aromatic nitrogens is 1. The summed E-state index contributed by atoms with van der Waals surface area (Å²) in [5, 5.41) is 0.825. The van der Waals surface area contributed by atoms with Crippen molar-refractivity contribution in [2.75, 3.05) is 6.61 Å². The SMILES string of the molecule is CCOC(=O)Cc1nc(-c2ccccc2)c(C(C)C)s1. The maximum absolute atomic E-state index is 11.6. The summed E-state index contributed by atoms with van der Waals surface area (Å²) >= 11 is 1.60. The van der Waals surface area contributed by atoms with Gasteiger partial charge in [-0.15, -0.1) is 11.3 Å². The normalized spacial score (nSPS) is 10.8. The van der Waals surface area contributed by atoms with Gasteiger partial charge in [0.15, 0.2) is 0 Å².